The maximum Gasteiger partial charge on any atom is 0.240 e. The Labute approximate surface area is 145 Å². The number of piperidine rings is 1. The van der Waals surface area contributed by atoms with Crippen LogP contribution in [0.3, 0.4) is 0 Å². The molecule has 0 saturated carbocycles. The van der Waals surface area contributed by atoms with Crippen LogP contribution in [-0.2, 0) is 10.0 Å². The molecule has 0 radical (unpaired) electrons. The van der Waals surface area contributed by atoms with Crippen LogP contribution in [-0.4, -0.2) is 33.0 Å². The smallest absolute Gasteiger partial charge is 0.240 e. The molecule has 0 aliphatic carbocycles. The van der Waals surface area contributed by atoms with Crippen LogP contribution >= 0.6 is 0 Å². The number of nitrogens with one attached hydrogen (secondary N) is 1. The van der Waals surface area contributed by atoms with Crippen LogP contribution in [0, 0.1) is 17.6 Å². The van der Waals surface area contributed by atoms with E-state index in [0.29, 0.717) is 6.07 Å². The predicted octanol–water partition coefficient (Wildman–Crippen LogP) is 2.55. The van der Waals surface area contributed by atoms with Crippen LogP contribution in [0.2, 0.25) is 0 Å². The Balaban J connectivity index is 1.56. The molecule has 0 amide bonds. The summed E-state index contributed by atoms with van der Waals surface area (Å²) in [5, 5.41) is 0. The SMILES string of the molecule is O=S(=O)(NCC1CCN(c2cccnc2)CC1)c1cc(F)cc(F)c1. The molecular formula is C17H19F2N3O2S. The lowest BCUT2D eigenvalue weighted by atomic mass is 9.97. The molecule has 1 N–H and O–H groups in total. The summed E-state index contributed by atoms with van der Waals surface area (Å²) in [5.74, 6) is -1.64. The van der Waals surface area contributed by atoms with Crippen molar-refractivity contribution in [1.29, 1.82) is 0 Å². The molecule has 0 spiro atoms. The summed E-state index contributed by atoms with van der Waals surface area (Å²) in [5.41, 5.74) is 1.05. The van der Waals surface area contributed by atoms with Crippen LogP contribution in [0.1, 0.15) is 12.8 Å². The Bertz CT molecular complexity index is 803. The topological polar surface area (TPSA) is 62.3 Å². The zero-order valence-corrected chi connectivity index (χ0v) is 14.3. The van der Waals surface area contributed by atoms with Gasteiger partial charge in [-0.3, -0.25) is 4.98 Å². The summed E-state index contributed by atoms with van der Waals surface area (Å²) in [6, 6.07) is 6.15. The number of halogens is 2. The maximum atomic E-state index is 13.2. The standard InChI is InChI=1S/C17H19F2N3O2S/c18-14-8-15(19)10-17(9-14)25(23,24)21-11-13-3-6-22(7-4-13)16-2-1-5-20-12-16/h1-2,5,8-10,12-13,21H,3-4,6-7,11H2. The lowest BCUT2D eigenvalue weighted by Gasteiger charge is -2.33. The third-order valence-electron chi connectivity index (χ3n) is 4.33. The monoisotopic (exact) mass is 367 g/mol. The highest BCUT2D eigenvalue weighted by molar-refractivity contribution is 7.89. The number of benzene rings is 1. The van der Waals surface area contributed by atoms with E-state index in [4.69, 9.17) is 0 Å². The third kappa shape index (κ3) is 4.52. The van der Waals surface area contributed by atoms with Crippen molar-refractivity contribution in [3.8, 4) is 0 Å². The molecule has 1 aromatic carbocycles. The van der Waals surface area contributed by atoms with E-state index in [1.54, 1.807) is 6.20 Å². The molecule has 2 aromatic rings. The van der Waals surface area contributed by atoms with Crippen molar-refractivity contribution < 1.29 is 17.2 Å². The van der Waals surface area contributed by atoms with Gasteiger partial charge in [-0.2, -0.15) is 0 Å². The van der Waals surface area contributed by atoms with Gasteiger partial charge in [-0.05, 0) is 43.0 Å². The number of hydrogen-bond donors (Lipinski definition) is 1. The van der Waals surface area contributed by atoms with Crippen molar-refractivity contribution in [2.45, 2.75) is 17.7 Å². The number of rotatable bonds is 5. The van der Waals surface area contributed by atoms with E-state index in [1.807, 2.05) is 18.3 Å². The van der Waals surface area contributed by atoms with E-state index >= 15 is 0 Å². The van der Waals surface area contributed by atoms with Gasteiger partial charge in [-0.25, -0.2) is 21.9 Å². The van der Waals surface area contributed by atoms with Crippen LogP contribution < -0.4 is 9.62 Å². The number of aromatic nitrogens is 1. The molecule has 25 heavy (non-hydrogen) atoms. The minimum absolute atomic E-state index is 0.182. The summed E-state index contributed by atoms with van der Waals surface area (Å²) in [6.45, 7) is 1.88. The molecule has 3 rings (SSSR count). The van der Waals surface area contributed by atoms with Crippen LogP contribution in [0.15, 0.2) is 47.6 Å². The first-order chi connectivity index (χ1) is 11.9. The molecule has 0 bridgehead atoms. The molecule has 0 unspecified atom stereocenters. The predicted molar refractivity (Wildman–Crippen MR) is 90.7 cm³/mol. The molecule has 1 fully saturated rings. The Morgan fingerprint density at radius 2 is 1.84 bits per heavy atom. The Hall–Kier alpha value is -2.06. The van der Waals surface area contributed by atoms with E-state index < -0.39 is 26.6 Å². The van der Waals surface area contributed by atoms with Crippen molar-refractivity contribution in [3.63, 3.8) is 0 Å². The average molecular weight is 367 g/mol. The van der Waals surface area contributed by atoms with Crippen molar-refractivity contribution in [3.05, 3.63) is 54.4 Å². The van der Waals surface area contributed by atoms with Gasteiger partial charge in [0.2, 0.25) is 10.0 Å². The second kappa shape index (κ2) is 7.45. The normalized spacial score (nSPS) is 16.2. The number of sulfonamides is 1. The number of pyridine rings is 1. The first kappa shape index (κ1) is 17.8. The van der Waals surface area contributed by atoms with Gasteiger partial charge in [0.25, 0.3) is 0 Å². The van der Waals surface area contributed by atoms with E-state index in [2.05, 4.69) is 14.6 Å². The van der Waals surface area contributed by atoms with Gasteiger partial charge in [-0.15, -0.1) is 0 Å². The second-order valence-corrected chi connectivity index (χ2v) is 7.87. The fourth-order valence-corrected chi connectivity index (χ4v) is 4.09. The number of hydrogen-bond acceptors (Lipinski definition) is 4. The van der Waals surface area contributed by atoms with E-state index in [0.717, 1.165) is 43.8 Å². The molecule has 8 heteroatoms. The van der Waals surface area contributed by atoms with Crippen molar-refractivity contribution >= 4 is 15.7 Å². The minimum atomic E-state index is -3.92. The van der Waals surface area contributed by atoms with E-state index in [-0.39, 0.29) is 12.5 Å². The number of anilines is 1. The highest BCUT2D eigenvalue weighted by Crippen LogP contribution is 2.22. The first-order valence-corrected chi connectivity index (χ1v) is 9.53. The average Bonchev–Trinajstić information content (AvgIpc) is 2.60. The van der Waals surface area contributed by atoms with Crippen molar-refractivity contribution in [2.75, 3.05) is 24.5 Å². The van der Waals surface area contributed by atoms with Crippen molar-refractivity contribution in [1.82, 2.24) is 9.71 Å². The quantitative estimate of drug-likeness (QED) is 0.882. The zero-order valence-electron chi connectivity index (χ0n) is 13.5. The molecule has 1 aromatic heterocycles. The van der Waals surface area contributed by atoms with Gasteiger partial charge in [0.05, 0.1) is 16.8 Å². The molecule has 5 nitrogen and oxygen atoms in total. The fourth-order valence-electron chi connectivity index (χ4n) is 2.93. The van der Waals surface area contributed by atoms with Crippen molar-refractivity contribution in [2.24, 2.45) is 5.92 Å². The van der Waals surface area contributed by atoms with Gasteiger partial charge in [0.15, 0.2) is 0 Å². The lowest BCUT2D eigenvalue weighted by Crippen LogP contribution is -2.38. The van der Waals surface area contributed by atoms with Gasteiger partial charge in [0, 0.05) is 31.9 Å². The summed E-state index contributed by atoms with van der Waals surface area (Å²) >= 11 is 0. The van der Waals surface area contributed by atoms with E-state index in [1.165, 1.54) is 0 Å². The van der Waals surface area contributed by atoms with Crippen LogP contribution in [0.25, 0.3) is 0 Å². The van der Waals surface area contributed by atoms with E-state index in [9.17, 15) is 17.2 Å². The molecule has 1 aliphatic rings. The Morgan fingerprint density at radius 1 is 1.16 bits per heavy atom. The Kier molecular flexibility index (Phi) is 5.29. The van der Waals surface area contributed by atoms with Crippen LogP contribution in [0.5, 0.6) is 0 Å². The zero-order chi connectivity index (χ0) is 17.9. The Morgan fingerprint density at radius 3 is 2.44 bits per heavy atom. The number of nitrogens with zero attached hydrogens (tertiary/aromatic N) is 2. The third-order valence-corrected chi connectivity index (χ3v) is 5.74. The molecule has 0 atom stereocenters. The van der Waals surface area contributed by atoms with Gasteiger partial charge in [0.1, 0.15) is 11.6 Å². The largest absolute Gasteiger partial charge is 0.370 e. The molecule has 1 saturated heterocycles. The molecule has 1 aliphatic heterocycles. The first-order valence-electron chi connectivity index (χ1n) is 8.05. The summed E-state index contributed by atoms with van der Waals surface area (Å²) < 4.78 is 53.3. The van der Waals surface area contributed by atoms with Gasteiger partial charge < -0.3 is 4.90 Å². The summed E-state index contributed by atoms with van der Waals surface area (Å²) in [7, 11) is -3.92. The van der Waals surface area contributed by atoms with Crippen LogP contribution in [0.4, 0.5) is 14.5 Å². The van der Waals surface area contributed by atoms with Gasteiger partial charge in [-0.1, -0.05) is 0 Å². The summed E-state index contributed by atoms with van der Waals surface area (Å²) in [6.07, 6.45) is 5.19. The fraction of sp³-hybridized carbons (Fsp3) is 0.353. The molecule has 2 heterocycles. The minimum Gasteiger partial charge on any atom is -0.370 e. The maximum absolute atomic E-state index is 13.2. The van der Waals surface area contributed by atoms with Gasteiger partial charge >= 0.3 is 0 Å². The highest BCUT2D eigenvalue weighted by atomic mass is 32.2. The summed E-state index contributed by atoms with van der Waals surface area (Å²) in [4.78, 5) is 5.92. The molecule has 134 valence electrons. The second-order valence-electron chi connectivity index (χ2n) is 6.10. The lowest BCUT2D eigenvalue weighted by molar-refractivity contribution is 0.402. The highest BCUT2D eigenvalue weighted by Gasteiger charge is 2.23. The molecular weight excluding hydrogens is 348 g/mol.